The first-order valence-corrected chi connectivity index (χ1v) is 6.07. The lowest BCUT2D eigenvalue weighted by Crippen LogP contribution is -2.23. The van der Waals surface area contributed by atoms with Crippen LogP contribution in [0, 0.1) is 18.8 Å². The molecule has 1 aromatic rings. The molecule has 0 bridgehead atoms. The molecule has 0 aromatic heterocycles. The second-order valence-corrected chi connectivity index (χ2v) is 5.10. The number of benzene rings is 1. The number of hydrogen-bond donors (Lipinski definition) is 1. The average Bonchev–Trinajstić information content (AvgIpc) is 2.63. The SMILES string of the molecule is Cc1ccc(CN2C[C@@H](C)[C@H](C(=O)O)C2)cc1. The van der Waals surface area contributed by atoms with E-state index >= 15 is 0 Å². The molecule has 1 heterocycles. The molecular weight excluding hydrogens is 214 g/mol. The standard InChI is InChI=1S/C14H19NO2/c1-10-3-5-12(6-4-10)8-15-7-11(2)13(9-15)14(16)17/h3-6,11,13H,7-9H2,1-2H3,(H,16,17)/t11-,13-/m1/s1. The molecule has 0 radical (unpaired) electrons. The van der Waals surface area contributed by atoms with Gasteiger partial charge in [-0.1, -0.05) is 36.8 Å². The van der Waals surface area contributed by atoms with E-state index in [1.165, 1.54) is 11.1 Å². The monoisotopic (exact) mass is 233 g/mol. The van der Waals surface area contributed by atoms with E-state index in [1.807, 2.05) is 6.92 Å². The smallest absolute Gasteiger partial charge is 0.308 e. The van der Waals surface area contributed by atoms with Gasteiger partial charge in [0.15, 0.2) is 0 Å². The van der Waals surface area contributed by atoms with Crippen LogP contribution in [0.25, 0.3) is 0 Å². The summed E-state index contributed by atoms with van der Waals surface area (Å²) >= 11 is 0. The third-order valence-electron chi connectivity index (χ3n) is 3.53. The van der Waals surface area contributed by atoms with Crippen molar-refractivity contribution >= 4 is 5.97 Å². The van der Waals surface area contributed by atoms with Gasteiger partial charge < -0.3 is 5.11 Å². The number of carbonyl (C=O) groups is 1. The molecule has 0 saturated carbocycles. The number of rotatable bonds is 3. The van der Waals surface area contributed by atoms with Gasteiger partial charge in [-0.05, 0) is 18.4 Å². The lowest BCUT2D eigenvalue weighted by atomic mass is 9.99. The zero-order valence-electron chi connectivity index (χ0n) is 10.4. The molecule has 0 amide bonds. The number of hydrogen-bond acceptors (Lipinski definition) is 2. The van der Waals surface area contributed by atoms with E-state index in [0.29, 0.717) is 6.54 Å². The molecule has 0 aliphatic carbocycles. The molecule has 0 unspecified atom stereocenters. The van der Waals surface area contributed by atoms with Gasteiger partial charge in [0.2, 0.25) is 0 Å². The van der Waals surface area contributed by atoms with E-state index in [-0.39, 0.29) is 11.8 Å². The highest BCUT2D eigenvalue weighted by Crippen LogP contribution is 2.24. The zero-order valence-corrected chi connectivity index (χ0v) is 10.4. The Kier molecular flexibility index (Phi) is 3.48. The van der Waals surface area contributed by atoms with Gasteiger partial charge in [-0.15, -0.1) is 0 Å². The van der Waals surface area contributed by atoms with Crippen LogP contribution in [0.4, 0.5) is 0 Å². The van der Waals surface area contributed by atoms with Gasteiger partial charge in [-0.25, -0.2) is 0 Å². The van der Waals surface area contributed by atoms with Crippen molar-refractivity contribution in [1.82, 2.24) is 4.90 Å². The van der Waals surface area contributed by atoms with E-state index in [9.17, 15) is 4.79 Å². The fourth-order valence-electron chi connectivity index (χ4n) is 2.47. The fourth-order valence-corrected chi connectivity index (χ4v) is 2.47. The summed E-state index contributed by atoms with van der Waals surface area (Å²) in [4.78, 5) is 13.3. The minimum atomic E-state index is -0.663. The summed E-state index contributed by atoms with van der Waals surface area (Å²) in [6.07, 6.45) is 0. The van der Waals surface area contributed by atoms with Crippen molar-refractivity contribution in [2.75, 3.05) is 13.1 Å². The molecule has 2 atom stereocenters. The Labute approximate surface area is 102 Å². The molecule has 1 saturated heterocycles. The zero-order chi connectivity index (χ0) is 12.4. The van der Waals surface area contributed by atoms with Crippen molar-refractivity contribution in [3.63, 3.8) is 0 Å². The maximum atomic E-state index is 11.0. The van der Waals surface area contributed by atoms with Crippen molar-refractivity contribution in [3.05, 3.63) is 35.4 Å². The lowest BCUT2D eigenvalue weighted by molar-refractivity contribution is -0.142. The summed E-state index contributed by atoms with van der Waals surface area (Å²) in [5.74, 6) is -0.623. The number of aryl methyl sites for hydroxylation is 1. The summed E-state index contributed by atoms with van der Waals surface area (Å²) in [6.45, 7) is 6.50. The molecule has 1 aromatic carbocycles. The van der Waals surface area contributed by atoms with Gasteiger partial charge in [0.1, 0.15) is 0 Å². The van der Waals surface area contributed by atoms with Crippen LogP contribution in [0.1, 0.15) is 18.1 Å². The van der Waals surface area contributed by atoms with Crippen molar-refractivity contribution < 1.29 is 9.90 Å². The first-order valence-electron chi connectivity index (χ1n) is 6.07. The molecule has 3 nitrogen and oxygen atoms in total. The van der Waals surface area contributed by atoms with Crippen molar-refractivity contribution in [1.29, 1.82) is 0 Å². The van der Waals surface area contributed by atoms with Crippen LogP contribution in [0.15, 0.2) is 24.3 Å². The summed E-state index contributed by atoms with van der Waals surface area (Å²) in [5, 5.41) is 9.08. The van der Waals surface area contributed by atoms with Crippen LogP contribution in [0.3, 0.4) is 0 Å². The van der Waals surface area contributed by atoms with Crippen LogP contribution < -0.4 is 0 Å². The first kappa shape index (κ1) is 12.1. The lowest BCUT2D eigenvalue weighted by Gasteiger charge is -2.15. The van der Waals surface area contributed by atoms with Gasteiger partial charge in [-0.2, -0.15) is 0 Å². The Morgan fingerprint density at radius 3 is 2.53 bits per heavy atom. The van der Waals surface area contributed by atoms with Gasteiger partial charge >= 0.3 is 5.97 Å². The minimum Gasteiger partial charge on any atom is -0.481 e. The van der Waals surface area contributed by atoms with E-state index < -0.39 is 5.97 Å². The molecule has 1 aliphatic rings. The van der Waals surface area contributed by atoms with Gasteiger partial charge in [0.05, 0.1) is 5.92 Å². The third-order valence-corrected chi connectivity index (χ3v) is 3.53. The van der Waals surface area contributed by atoms with Crippen LogP contribution in [0.5, 0.6) is 0 Å². The predicted molar refractivity (Wildman–Crippen MR) is 66.7 cm³/mol. The van der Waals surface area contributed by atoms with Gasteiger partial charge in [-0.3, -0.25) is 9.69 Å². The Hall–Kier alpha value is -1.35. The summed E-state index contributed by atoms with van der Waals surface area (Å²) in [5.41, 5.74) is 2.51. The van der Waals surface area contributed by atoms with Gasteiger partial charge in [0, 0.05) is 19.6 Å². The largest absolute Gasteiger partial charge is 0.481 e. The maximum Gasteiger partial charge on any atom is 0.308 e. The Bertz CT molecular complexity index is 399. The molecule has 92 valence electrons. The van der Waals surface area contributed by atoms with E-state index in [4.69, 9.17) is 5.11 Å². The van der Waals surface area contributed by atoms with Crippen molar-refractivity contribution in [2.45, 2.75) is 20.4 Å². The summed E-state index contributed by atoms with van der Waals surface area (Å²) in [6, 6.07) is 8.44. The highest BCUT2D eigenvalue weighted by molar-refractivity contribution is 5.71. The maximum absolute atomic E-state index is 11.0. The summed E-state index contributed by atoms with van der Waals surface area (Å²) < 4.78 is 0. The second kappa shape index (κ2) is 4.88. The fraction of sp³-hybridized carbons (Fsp3) is 0.500. The van der Waals surface area contributed by atoms with E-state index in [2.05, 4.69) is 36.1 Å². The van der Waals surface area contributed by atoms with Crippen molar-refractivity contribution in [2.24, 2.45) is 11.8 Å². The quantitative estimate of drug-likeness (QED) is 0.869. The number of aliphatic carboxylic acids is 1. The molecule has 2 rings (SSSR count). The predicted octanol–water partition coefficient (Wildman–Crippen LogP) is 2.15. The Morgan fingerprint density at radius 2 is 2.00 bits per heavy atom. The Morgan fingerprint density at radius 1 is 1.35 bits per heavy atom. The molecular formula is C14H19NO2. The average molecular weight is 233 g/mol. The number of nitrogens with zero attached hydrogens (tertiary/aromatic N) is 1. The van der Waals surface area contributed by atoms with Gasteiger partial charge in [0.25, 0.3) is 0 Å². The number of carboxylic acid groups (broad SMARTS) is 1. The van der Waals surface area contributed by atoms with Crippen LogP contribution in [-0.4, -0.2) is 29.1 Å². The molecule has 17 heavy (non-hydrogen) atoms. The molecule has 3 heteroatoms. The minimum absolute atomic E-state index is 0.208. The molecule has 1 aliphatic heterocycles. The normalized spacial score (nSPS) is 25.1. The Balaban J connectivity index is 1.97. The number of likely N-dealkylation sites (tertiary alicyclic amines) is 1. The van der Waals surface area contributed by atoms with Crippen LogP contribution in [0.2, 0.25) is 0 Å². The first-order chi connectivity index (χ1) is 8.06. The molecule has 1 N–H and O–H groups in total. The third kappa shape index (κ3) is 2.86. The topological polar surface area (TPSA) is 40.5 Å². The highest BCUT2D eigenvalue weighted by Gasteiger charge is 2.34. The summed E-state index contributed by atoms with van der Waals surface area (Å²) in [7, 11) is 0. The van der Waals surface area contributed by atoms with Crippen LogP contribution >= 0.6 is 0 Å². The number of carboxylic acids is 1. The molecule has 0 spiro atoms. The van der Waals surface area contributed by atoms with Crippen molar-refractivity contribution in [3.8, 4) is 0 Å². The van der Waals surface area contributed by atoms with E-state index in [1.54, 1.807) is 0 Å². The van der Waals surface area contributed by atoms with E-state index in [0.717, 1.165) is 13.1 Å². The molecule has 1 fully saturated rings. The second-order valence-electron chi connectivity index (χ2n) is 5.10. The van der Waals surface area contributed by atoms with Crippen LogP contribution in [-0.2, 0) is 11.3 Å². The highest BCUT2D eigenvalue weighted by atomic mass is 16.4.